The van der Waals surface area contributed by atoms with Gasteiger partial charge in [-0.1, -0.05) is 36.4 Å². The maximum absolute atomic E-state index is 12.6. The molecule has 0 fully saturated rings. The number of nitrogens with one attached hydrogen (secondary N) is 2. The van der Waals surface area contributed by atoms with Crippen LogP contribution >= 0.6 is 0 Å². The number of carbonyl (C=O) groups is 2. The number of ether oxygens (including phenoxy) is 1. The van der Waals surface area contributed by atoms with Crippen LogP contribution in [0.2, 0.25) is 0 Å². The van der Waals surface area contributed by atoms with Gasteiger partial charge in [0.25, 0.3) is 5.91 Å². The molecule has 2 aromatic heterocycles. The Morgan fingerprint density at radius 2 is 1.83 bits per heavy atom. The topological polar surface area (TPSA) is 97.0 Å². The average Bonchev–Trinajstić information content (AvgIpc) is 3.19. The molecule has 2 N–H and O–H groups in total. The van der Waals surface area contributed by atoms with Crippen molar-refractivity contribution in [3.8, 4) is 11.4 Å². The molecule has 4 rings (SSSR count). The predicted molar refractivity (Wildman–Crippen MR) is 110 cm³/mol. The van der Waals surface area contributed by atoms with E-state index in [1.165, 1.54) is 6.20 Å². The van der Waals surface area contributed by atoms with Crippen LogP contribution in [0.1, 0.15) is 27.8 Å². The van der Waals surface area contributed by atoms with Crippen LogP contribution in [0, 0.1) is 0 Å². The van der Waals surface area contributed by atoms with Gasteiger partial charge in [-0.25, -0.2) is 14.8 Å². The SMILES string of the molecule is CCOC(=O)c1ncc(-c2cc3ccccc3[nH]2)nc1NC(=O)c1ccccc1. The molecule has 0 spiro atoms. The molecule has 0 atom stereocenters. The molecule has 7 nitrogen and oxygen atoms in total. The lowest BCUT2D eigenvalue weighted by Crippen LogP contribution is -2.18. The van der Waals surface area contributed by atoms with Gasteiger partial charge in [0.1, 0.15) is 5.69 Å². The van der Waals surface area contributed by atoms with E-state index in [4.69, 9.17) is 4.74 Å². The van der Waals surface area contributed by atoms with Crippen LogP contribution in [0.25, 0.3) is 22.3 Å². The zero-order valence-electron chi connectivity index (χ0n) is 15.7. The summed E-state index contributed by atoms with van der Waals surface area (Å²) >= 11 is 0. The van der Waals surface area contributed by atoms with Crippen LogP contribution in [-0.4, -0.2) is 33.4 Å². The quantitative estimate of drug-likeness (QED) is 0.504. The van der Waals surface area contributed by atoms with Crippen molar-refractivity contribution in [2.75, 3.05) is 11.9 Å². The zero-order chi connectivity index (χ0) is 20.2. The second-order valence-electron chi connectivity index (χ2n) is 6.26. The van der Waals surface area contributed by atoms with Gasteiger partial charge in [0.15, 0.2) is 11.5 Å². The Kier molecular flexibility index (Phi) is 5.03. The lowest BCUT2D eigenvalue weighted by Gasteiger charge is -2.10. The number of aromatic amines is 1. The largest absolute Gasteiger partial charge is 0.461 e. The molecule has 0 unspecified atom stereocenters. The van der Waals surface area contributed by atoms with E-state index in [2.05, 4.69) is 20.3 Å². The van der Waals surface area contributed by atoms with Crippen molar-refractivity contribution in [3.63, 3.8) is 0 Å². The zero-order valence-corrected chi connectivity index (χ0v) is 15.7. The summed E-state index contributed by atoms with van der Waals surface area (Å²) < 4.78 is 5.05. The van der Waals surface area contributed by atoms with Crippen LogP contribution in [0.15, 0.2) is 66.9 Å². The number of amides is 1. The van der Waals surface area contributed by atoms with Gasteiger partial charge >= 0.3 is 5.97 Å². The van der Waals surface area contributed by atoms with Gasteiger partial charge in [0.05, 0.1) is 18.5 Å². The summed E-state index contributed by atoms with van der Waals surface area (Å²) in [6.45, 7) is 1.89. The van der Waals surface area contributed by atoms with E-state index in [0.717, 1.165) is 16.6 Å². The van der Waals surface area contributed by atoms with Crippen LogP contribution < -0.4 is 5.32 Å². The molecule has 0 saturated carbocycles. The summed E-state index contributed by atoms with van der Waals surface area (Å²) in [5.74, 6) is -0.987. The second kappa shape index (κ2) is 7.93. The molecule has 0 radical (unpaired) electrons. The number of esters is 1. The molecule has 1 amide bonds. The fourth-order valence-corrected chi connectivity index (χ4v) is 2.94. The summed E-state index contributed by atoms with van der Waals surface area (Å²) in [7, 11) is 0. The summed E-state index contributed by atoms with van der Waals surface area (Å²) in [5, 5.41) is 3.70. The van der Waals surface area contributed by atoms with E-state index in [1.54, 1.807) is 31.2 Å². The van der Waals surface area contributed by atoms with Gasteiger partial charge in [-0.05, 0) is 31.2 Å². The fraction of sp³-hybridized carbons (Fsp3) is 0.0909. The third-order valence-electron chi connectivity index (χ3n) is 4.32. The molecule has 0 aliphatic rings. The van der Waals surface area contributed by atoms with Crippen molar-refractivity contribution in [3.05, 3.63) is 78.1 Å². The number of anilines is 1. The Morgan fingerprint density at radius 3 is 2.59 bits per heavy atom. The first-order valence-electron chi connectivity index (χ1n) is 9.14. The molecule has 0 bridgehead atoms. The molecule has 0 aliphatic heterocycles. The number of hydrogen-bond acceptors (Lipinski definition) is 5. The summed E-state index contributed by atoms with van der Waals surface area (Å²) in [6, 6.07) is 18.4. The smallest absolute Gasteiger partial charge is 0.360 e. The van der Waals surface area contributed by atoms with Crippen LogP contribution in [-0.2, 0) is 4.74 Å². The van der Waals surface area contributed by atoms with E-state index in [9.17, 15) is 9.59 Å². The van der Waals surface area contributed by atoms with Gasteiger partial charge in [0, 0.05) is 16.5 Å². The number of hydrogen-bond donors (Lipinski definition) is 2. The number of rotatable bonds is 5. The number of aromatic nitrogens is 3. The minimum atomic E-state index is -0.647. The minimum absolute atomic E-state index is 0.0454. The van der Waals surface area contributed by atoms with Crippen molar-refractivity contribution in [2.24, 2.45) is 0 Å². The highest BCUT2D eigenvalue weighted by Crippen LogP contribution is 2.24. The second-order valence-corrected chi connectivity index (χ2v) is 6.26. The molecule has 7 heteroatoms. The molecule has 2 aromatic carbocycles. The number of carbonyl (C=O) groups excluding carboxylic acids is 2. The molecular formula is C22H18N4O3. The van der Waals surface area contributed by atoms with Gasteiger partial charge in [0.2, 0.25) is 0 Å². The molecule has 2 heterocycles. The molecule has 144 valence electrons. The average molecular weight is 386 g/mol. The lowest BCUT2D eigenvalue weighted by atomic mass is 10.2. The van der Waals surface area contributed by atoms with Gasteiger partial charge in [-0.3, -0.25) is 4.79 Å². The number of H-pyrrole nitrogens is 1. The number of fused-ring (bicyclic) bond motifs is 1. The minimum Gasteiger partial charge on any atom is -0.461 e. The number of nitrogens with zero attached hydrogens (tertiary/aromatic N) is 2. The summed E-state index contributed by atoms with van der Waals surface area (Å²) in [4.78, 5) is 36.9. The van der Waals surface area contributed by atoms with Crippen molar-refractivity contribution < 1.29 is 14.3 Å². The summed E-state index contributed by atoms with van der Waals surface area (Å²) in [5.41, 5.74) is 2.58. The van der Waals surface area contributed by atoms with Gasteiger partial charge in [-0.2, -0.15) is 0 Å². The first-order valence-corrected chi connectivity index (χ1v) is 9.14. The Bertz CT molecular complexity index is 1150. The predicted octanol–water partition coefficient (Wildman–Crippen LogP) is 4.05. The van der Waals surface area contributed by atoms with E-state index in [0.29, 0.717) is 11.3 Å². The van der Waals surface area contributed by atoms with Gasteiger partial charge in [-0.15, -0.1) is 0 Å². The normalized spacial score (nSPS) is 10.7. The fourth-order valence-electron chi connectivity index (χ4n) is 2.94. The van der Waals surface area contributed by atoms with E-state index < -0.39 is 5.97 Å². The summed E-state index contributed by atoms with van der Waals surface area (Å²) in [6.07, 6.45) is 1.48. The van der Waals surface area contributed by atoms with Crippen LogP contribution in [0.5, 0.6) is 0 Å². The van der Waals surface area contributed by atoms with E-state index in [1.807, 2.05) is 36.4 Å². The van der Waals surface area contributed by atoms with Crippen molar-refractivity contribution in [2.45, 2.75) is 6.92 Å². The number of benzene rings is 2. The van der Waals surface area contributed by atoms with Crippen LogP contribution in [0.3, 0.4) is 0 Å². The third kappa shape index (κ3) is 3.84. The maximum Gasteiger partial charge on any atom is 0.360 e. The molecule has 0 saturated heterocycles. The highest BCUT2D eigenvalue weighted by atomic mass is 16.5. The molecule has 0 aliphatic carbocycles. The lowest BCUT2D eigenvalue weighted by molar-refractivity contribution is 0.0520. The number of para-hydroxylation sites is 1. The first kappa shape index (κ1) is 18.4. The Morgan fingerprint density at radius 1 is 1.07 bits per heavy atom. The first-order chi connectivity index (χ1) is 14.2. The van der Waals surface area contributed by atoms with Crippen molar-refractivity contribution in [1.29, 1.82) is 0 Å². The molecule has 29 heavy (non-hydrogen) atoms. The highest BCUT2D eigenvalue weighted by Gasteiger charge is 2.20. The highest BCUT2D eigenvalue weighted by molar-refractivity contribution is 6.06. The Hall–Kier alpha value is -4.00. The van der Waals surface area contributed by atoms with Crippen molar-refractivity contribution in [1.82, 2.24) is 15.0 Å². The van der Waals surface area contributed by atoms with Crippen molar-refractivity contribution >= 4 is 28.6 Å². The maximum atomic E-state index is 12.6. The van der Waals surface area contributed by atoms with E-state index in [-0.39, 0.29) is 24.0 Å². The third-order valence-corrected chi connectivity index (χ3v) is 4.32. The van der Waals surface area contributed by atoms with Gasteiger partial charge < -0.3 is 15.0 Å². The van der Waals surface area contributed by atoms with Crippen LogP contribution in [0.4, 0.5) is 5.82 Å². The molecular weight excluding hydrogens is 368 g/mol. The Balaban J connectivity index is 1.74. The molecule has 4 aromatic rings. The van der Waals surface area contributed by atoms with E-state index >= 15 is 0 Å². The Labute approximate surface area is 166 Å². The monoisotopic (exact) mass is 386 g/mol. The standard InChI is InChI=1S/C22H18N4O3/c1-2-29-22(28)19-20(26-21(27)14-8-4-3-5-9-14)25-18(13-23-19)17-12-15-10-6-7-11-16(15)24-17/h3-13,24H,2H2,1H3,(H,25,26,27).